The van der Waals surface area contributed by atoms with Crippen LogP contribution in [0.4, 0.5) is 5.82 Å². The summed E-state index contributed by atoms with van der Waals surface area (Å²) in [5.74, 6) is 0.896. The molecule has 0 aliphatic carbocycles. The lowest BCUT2D eigenvalue weighted by Gasteiger charge is -2.40. The summed E-state index contributed by atoms with van der Waals surface area (Å²) in [7, 11) is 0. The standard InChI is InChI=1S/C18H23N5O2/c19-12-15-16(21-7-6-20-15)22-8-1-4-18(13-22)5-9-23(17(18)24)14-2-10-25-11-3-14/h6-7,14H,1-5,8-11,13H2/t18-/m0/s1. The van der Waals surface area contributed by atoms with Crippen molar-refractivity contribution in [1.82, 2.24) is 14.9 Å². The topological polar surface area (TPSA) is 82.3 Å². The van der Waals surface area contributed by atoms with Gasteiger partial charge in [0.05, 0.1) is 5.41 Å². The number of carbonyl (C=O) groups is 1. The fraction of sp³-hybridized carbons (Fsp3) is 0.667. The first-order chi connectivity index (χ1) is 12.2. The number of ether oxygens (including phenoxy) is 1. The number of amides is 1. The van der Waals surface area contributed by atoms with Crippen LogP contribution in [0.2, 0.25) is 0 Å². The van der Waals surface area contributed by atoms with E-state index < -0.39 is 0 Å². The monoisotopic (exact) mass is 341 g/mol. The third kappa shape index (κ3) is 2.85. The number of hydrogen-bond acceptors (Lipinski definition) is 6. The van der Waals surface area contributed by atoms with Crippen LogP contribution in [-0.4, -0.2) is 59.7 Å². The van der Waals surface area contributed by atoms with E-state index in [9.17, 15) is 10.1 Å². The summed E-state index contributed by atoms with van der Waals surface area (Å²) in [6.45, 7) is 3.79. The highest BCUT2D eigenvalue weighted by Crippen LogP contribution is 2.42. The zero-order chi connectivity index (χ0) is 17.3. The number of aromatic nitrogens is 2. The molecule has 3 fully saturated rings. The van der Waals surface area contributed by atoms with Gasteiger partial charge in [-0.2, -0.15) is 5.26 Å². The molecule has 0 radical (unpaired) electrons. The number of nitrogens with zero attached hydrogens (tertiary/aromatic N) is 5. The summed E-state index contributed by atoms with van der Waals surface area (Å²) in [5.41, 5.74) is 0.00661. The molecule has 4 rings (SSSR count). The Hall–Kier alpha value is -2.20. The van der Waals surface area contributed by atoms with Crippen molar-refractivity contribution in [2.45, 2.75) is 38.1 Å². The minimum absolute atomic E-state index is 0.284. The van der Waals surface area contributed by atoms with Crippen LogP contribution >= 0.6 is 0 Å². The van der Waals surface area contributed by atoms with E-state index in [-0.39, 0.29) is 11.3 Å². The summed E-state index contributed by atoms with van der Waals surface area (Å²) >= 11 is 0. The van der Waals surface area contributed by atoms with Crippen LogP contribution in [0.25, 0.3) is 0 Å². The van der Waals surface area contributed by atoms with Crippen molar-refractivity contribution >= 4 is 11.7 Å². The van der Waals surface area contributed by atoms with Gasteiger partial charge in [-0.25, -0.2) is 9.97 Å². The lowest BCUT2D eigenvalue weighted by atomic mass is 9.78. The molecule has 0 unspecified atom stereocenters. The zero-order valence-electron chi connectivity index (χ0n) is 14.4. The van der Waals surface area contributed by atoms with Gasteiger partial charge >= 0.3 is 0 Å². The first-order valence-corrected chi connectivity index (χ1v) is 9.08. The first-order valence-electron chi connectivity index (χ1n) is 9.08. The van der Waals surface area contributed by atoms with Crippen molar-refractivity contribution in [2.75, 3.05) is 37.7 Å². The van der Waals surface area contributed by atoms with E-state index in [4.69, 9.17) is 4.74 Å². The predicted molar refractivity (Wildman–Crippen MR) is 90.8 cm³/mol. The SMILES string of the molecule is N#Cc1nccnc1N1CCC[C@]2(CCN(C3CCOCC3)C2=O)C1. The summed E-state index contributed by atoms with van der Waals surface area (Å²) in [5, 5.41) is 9.30. The van der Waals surface area contributed by atoms with Gasteiger partial charge in [0.2, 0.25) is 5.91 Å². The van der Waals surface area contributed by atoms with E-state index in [2.05, 4.69) is 25.8 Å². The van der Waals surface area contributed by atoms with Crippen LogP contribution in [0.15, 0.2) is 12.4 Å². The van der Waals surface area contributed by atoms with Crippen LogP contribution in [0.3, 0.4) is 0 Å². The summed E-state index contributed by atoms with van der Waals surface area (Å²) in [6.07, 6.45) is 7.78. The Labute approximate surface area is 147 Å². The first kappa shape index (κ1) is 16.3. The molecule has 0 saturated carbocycles. The summed E-state index contributed by atoms with van der Waals surface area (Å²) in [4.78, 5) is 25.9. The maximum absolute atomic E-state index is 13.3. The van der Waals surface area contributed by atoms with Gasteiger partial charge in [0, 0.05) is 51.3 Å². The van der Waals surface area contributed by atoms with Crippen LogP contribution in [0.5, 0.6) is 0 Å². The molecule has 1 amide bonds. The molecule has 25 heavy (non-hydrogen) atoms. The van der Waals surface area contributed by atoms with Crippen LogP contribution in [0.1, 0.15) is 37.8 Å². The molecule has 0 aromatic carbocycles. The van der Waals surface area contributed by atoms with Crippen LogP contribution in [-0.2, 0) is 9.53 Å². The predicted octanol–water partition coefficient (Wildman–Crippen LogP) is 1.35. The van der Waals surface area contributed by atoms with Gasteiger partial charge in [-0.1, -0.05) is 0 Å². The van der Waals surface area contributed by atoms with Crippen LogP contribution < -0.4 is 4.90 Å². The van der Waals surface area contributed by atoms with Gasteiger partial charge in [-0.3, -0.25) is 4.79 Å². The van der Waals surface area contributed by atoms with E-state index in [1.54, 1.807) is 6.20 Å². The molecule has 3 saturated heterocycles. The Morgan fingerprint density at radius 2 is 2.00 bits per heavy atom. The second-order valence-corrected chi connectivity index (χ2v) is 7.24. The lowest BCUT2D eigenvalue weighted by Crippen LogP contribution is -2.50. The zero-order valence-corrected chi connectivity index (χ0v) is 14.4. The number of hydrogen-bond donors (Lipinski definition) is 0. The second kappa shape index (κ2) is 6.60. The van der Waals surface area contributed by atoms with E-state index in [0.29, 0.717) is 24.1 Å². The molecular weight excluding hydrogens is 318 g/mol. The van der Waals surface area contributed by atoms with Crippen molar-refractivity contribution in [3.05, 3.63) is 18.1 Å². The Kier molecular flexibility index (Phi) is 4.30. The van der Waals surface area contributed by atoms with Gasteiger partial charge in [-0.05, 0) is 32.1 Å². The number of nitriles is 1. The van der Waals surface area contributed by atoms with E-state index in [1.807, 2.05) is 0 Å². The molecule has 3 aliphatic heterocycles. The Bertz CT molecular complexity index is 697. The molecule has 7 heteroatoms. The highest BCUT2D eigenvalue weighted by molar-refractivity contribution is 5.86. The van der Waals surface area contributed by atoms with Crippen molar-refractivity contribution in [3.63, 3.8) is 0 Å². The largest absolute Gasteiger partial charge is 0.381 e. The van der Waals surface area contributed by atoms with E-state index in [1.165, 1.54) is 6.20 Å². The summed E-state index contributed by atoms with van der Waals surface area (Å²) in [6, 6.07) is 2.44. The van der Waals surface area contributed by atoms with E-state index >= 15 is 0 Å². The maximum Gasteiger partial charge on any atom is 0.230 e. The minimum atomic E-state index is -0.333. The quantitative estimate of drug-likeness (QED) is 0.807. The number of anilines is 1. The van der Waals surface area contributed by atoms with Gasteiger partial charge in [0.1, 0.15) is 6.07 Å². The number of rotatable bonds is 2. The highest BCUT2D eigenvalue weighted by atomic mass is 16.5. The Morgan fingerprint density at radius 1 is 1.20 bits per heavy atom. The lowest BCUT2D eigenvalue weighted by molar-refractivity contribution is -0.139. The fourth-order valence-corrected chi connectivity index (χ4v) is 4.52. The molecular formula is C18H23N5O2. The Balaban J connectivity index is 1.54. The van der Waals surface area contributed by atoms with Gasteiger partial charge in [0.25, 0.3) is 0 Å². The molecule has 0 N–H and O–H groups in total. The molecule has 132 valence electrons. The van der Waals surface area contributed by atoms with Gasteiger partial charge in [-0.15, -0.1) is 0 Å². The number of carbonyl (C=O) groups excluding carboxylic acids is 1. The molecule has 1 spiro atoms. The third-order valence-electron chi connectivity index (χ3n) is 5.84. The van der Waals surface area contributed by atoms with Crippen molar-refractivity contribution < 1.29 is 9.53 Å². The minimum Gasteiger partial charge on any atom is -0.381 e. The van der Waals surface area contributed by atoms with E-state index in [0.717, 1.165) is 58.4 Å². The highest BCUT2D eigenvalue weighted by Gasteiger charge is 2.50. The smallest absolute Gasteiger partial charge is 0.230 e. The van der Waals surface area contributed by atoms with Crippen molar-refractivity contribution in [3.8, 4) is 6.07 Å². The molecule has 7 nitrogen and oxygen atoms in total. The van der Waals surface area contributed by atoms with Gasteiger partial charge < -0.3 is 14.5 Å². The molecule has 1 atom stereocenters. The molecule has 1 aromatic heterocycles. The average molecular weight is 341 g/mol. The molecule has 1 aromatic rings. The molecule has 4 heterocycles. The van der Waals surface area contributed by atoms with Crippen LogP contribution in [0, 0.1) is 16.7 Å². The molecule has 0 bridgehead atoms. The summed E-state index contributed by atoms with van der Waals surface area (Å²) < 4.78 is 5.44. The van der Waals surface area contributed by atoms with Crippen molar-refractivity contribution in [1.29, 1.82) is 5.26 Å². The average Bonchev–Trinajstić information content (AvgIpc) is 2.98. The number of piperidine rings is 1. The Morgan fingerprint density at radius 3 is 2.80 bits per heavy atom. The second-order valence-electron chi connectivity index (χ2n) is 7.24. The molecule has 3 aliphatic rings. The number of likely N-dealkylation sites (tertiary alicyclic amines) is 1. The maximum atomic E-state index is 13.3. The third-order valence-corrected chi connectivity index (χ3v) is 5.84. The van der Waals surface area contributed by atoms with Gasteiger partial charge in [0.15, 0.2) is 11.5 Å². The fourth-order valence-electron chi connectivity index (χ4n) is 4.52. The van der Waals surface area contributed by atoms with Crippen molar-refractivity contribution in [2.24, 2.45) is 5.41 Å². The normalized spacial score (nSPS) is 27.7.